The summed E-state index contributed by atoms with van der Waals surface area (Å²) in [5.74, 6) is 0.0548. The van der Waals surface area contributed by atoms with Crippen molar-refractivity contribution in [1.29, 1.82) is 0 Å². The van der Waals surface area contributed by atoms with E-state index in [0.29, 0.717) is 31.6 Å². The highest BCUT2D eigenvalue weighted by molar-refractivity contribution is 5.74. The van der Waals surface area contributed by atoms with Gasteiger partial charge in [0.25, 0.3) is 0 Å². The van der Waals surface area contributed by atoms with Crippen LogP contribution in [-0.4, -0.2) is 23.1 Å². The summed E-state index contributed by atoms with van der Waals surface area (Å²) >= 11 is 0. The van der Waals surface area contributed by atoms with Crippen molar-refractivity contribution in [3.63, 3.8) is 0 Å². The fourth-order valence-corrected chi connectivity index (χ4v) is 4.76. The third kappa shape index (κ3) is 10.8. The van der Waals surface area contributed by atoms with E-state index in [2.05, 4.69) is 27.7 Å². The van der Waals surface area contributed by atoms with Gasteiger partial charge in [0, 0.05) is 0 Å². The lowest BCUT2D eigenvalue weighted by Crippen LogP contribution is -2.32. The molecule has 30 heavy (non-hydrogen) atoms. The first kappa shape index (κ1) is 27.0. The van der Waals surface area contributed by atoms with Crippen molar-refractivity contribution < 1.29 is 19.4 Å². The Bertz CT molecular complexity index is 466. The molecule has 4 heteroatoms. The second kappa shape index (κ2) is 15.7. The van der Waals surface area contributed by atoms with Crippen LogP contribution < -0.4 is 0 Å². The van der Waals surface area contributed by atoms with Crippen LogP contribution in [-0.2, 0) is 14.3 Å². The number of ether oxygens (including phenoxy) is 1. The Hall–Kier alpha value is -1.06. The molecule has 1 fully saturated rings. The molecule has 2 atom stereocenters. The van der Waals surface area contributed by atoms with Crippen LogP contribution in [0.3, 0.4) is 0 Å². The Labute approximate surface area is 185 Å². The number of carboxylic acid groups (broad SMARTS) is 1. The minimum atomic E-state index is -0.723. The van der Waals surface area contributed by atoms with Crippen LogP contribution in [0.5, 0.6) is 0 Å². The molecular weight excluding hydrogens is 376 g/mol. The van der Waals surface area contributed by atoms with Crippen molar-refractivity contribution in [2.24, 2.45) is 23.7 Å². The third-order valence-corrected chi connectivity index (χ3v) is 6.93. The molecule has 1 aliphatic rings. The largest absolute Gasteiger partial charge is 0.481 e. The number of unbranched alkanes of at least 4 members (excludes halogenated alkanes) is 5. The molecule has 1 aliphatic carbocycles. The lowest BCUT2D eigenvalue weighted by molar-refractivity contribution is -0.160. The molecule has 2 unspecified atom stereocenters. The van der Waals surface area contributed by atoms with E-state index in [0.717, 1.165) is 31.6 Å². The molecular formula is C26H48O4. The van der Waals surface area contributed by atoms with Crippen molar-refractivity contribution >= 4 is 11.9 Å². The normalized spacial score (nSPS) is 21.4. The predicted molar refractivity (Wildman–Crippen MR) is 123 cm³/mol. The number of rotatable bonds is 16. The van der Waals surface area contributed by atoms with Gasteiger partial charge in [0.2, 0.25) is 0 Å². The Balaban J connectivity index is 2.50. The molecule has 0 aromatic rings. The molecule has 0 amide bonds. The molecule has 0 bridgehead atoms. The van der Waals surface area contributed by atoms with Gasteiger partial charge in [-0.1, -0.05) is 72.6 Å². The summed E-state index contributed by atoms with van der Waals surface area (Å²) in [5, 5.41) is 9.18. The SMILES string of the molecule is CCCCC(CC)C(CCCCCCCC(C)C)OC(=O)C1CCC(C(=O)O)CC1. The highest BCUT2D eigenvalue weighted by Crippen LogP contribution is 2.32. The Morgan fingerprint density at radius 3 is 1.93 bits per heavy atom. The van der Waals surface area contributed by atoms with Crippen LogP contribution in [0.1, 0.15) is 124 Å². The van der Waals surface area contributed by atoms with Crippen molar-refractivity contribution in [2.75, 3.05) is 0 Å². The van der Waals surface area contributed by atoms with E-state index < -0.39 is 5.97 Å². The molecule has 176 valence electrons. The maximum atomic E-state index is 12.8. The highest BCUT2D eigenvalue weighted by atomic mass is 16.5. The minimum absolute atomic E-state index is 0.0295. The van der Waals surface area contributed by atoms with Gasteiger partial charge >= 0.3 is 11.9 Å². The molecule has 0 heterocycles. The Morgan fingerprint density at radius 2 is 1.40 bits per heavy atom. The average Bonchev–Trinajstić information content (AvgIpc) is 2.72. The van der Waals surface area contributed by atoms with E-state index in [-0.39, 0.29) is 23.9 Å². The summed E-state index contributed by atoms with van der Waals surface area (Å²) in [5.41, 5.74) is 0. The predicted octanol–water partition coefficient (Wildman–Crippen LogP) is 7.39. The van der Waals surface area contributed by atoms with Crippen molar-refractivity contribution in [2.45, 2.75) is 130 Å². The lowest BCUT2D eigenvalue weighted by atomic mass is 9.82. The molecule has 0 radical (unpaired) electrons. The molecule has 1 rings (SSSR count). The highest BCUT2D eigenvalue weighted by Gasteiger charge is 2.33. The zero-order valence-corrected chi connectivity index (χ0v) is 20.2. The van der Waals surface area contributed by atoms with Gasteiger partial charge in [-0.2, -0.15) is 0 Å². The lowest BCUT2D eigenvalue weighted by Gasteiger charge is -2.30. The van der Waals surface area contributed by atoms with E-state index in [9.17, 15) is 14.7 Å². The smallest absolute Gasteiger partial charge is 0.309 e. The summed E-state index contributed by atoms with van der Waals surface area (Å²) in [6, 6.07) is 0. The van der Waals surface area contributed by atoms with E-state index in [1.165, 1.54) is 44.9 Å². The van der Waals surface area contributed by atoms with Crippen LogP contribution >= 0.6 is 0 Å². The number of carboxylic acids is 1. The zero-order valence-electron chi connectivity index (χ0n) is 20.2. The van der Waals surface area contributed by atoms with Crippen molar-refractivity contribution in [1.82, 2.24) is 0 Å². The van der Waals surface area contributed by atoms with E-state index in [1.54, 1.807) is 0 Å². The molecule has 0 aromatic heterocycles. The second-order valence-electron chi connectivity index (χ2n) is 9.91. The standard InChI is InChI=1S/C26H48O4/c1-5-7-14-21(6-2)24(15-12-10-8-9-11-13-20(3)4)30-26(29)23-18-16-22(17-19-23)25(27)28/h20-24H,5-19H2,1-4H3,(H,27,28). The van der Waals surface area contributed by atoms with Crippen LogP contribution in [0.15, 0.2) is 0 Å². The zero-order chi connectivity index (χ0) is 22.4. The molecule has 0 aromatic carbocycles. The number of hydrogen-bond acceptors (Lipinski definition) is 3. The van der Waals surface area contributed by atoms with E-state index >= 15 is 0 Å². The molecule has 1 saturated carbocycles. The van der Waals surface area contributed by atoms with Crippen LogP contribution in [0, 0.1) is 23.7 Å². The first-order chi connectivity index (χ1) is 14.4. The number of hydrogen-bond donors (Lipinski definition) is 1. The van der Waals surface area contributed by atoms with Gasteiger partial charge < -0.3 is 9.84 Å². The summed E-state index contributed by atoms with van der Waals surface area (Å²) in [7, 11) is 0. The van der Waals surface area contributed by atoms with Gasteiger partial charge in [-0.15, -0.1) is 0 Å². The molecule has 4 nitrogen and oxygen atoms in total. The van der Waals surface area contributed by atoms with E-state index in [1.807, 2.05) is 0 Å². The molecule has 0 saturated heterocycles. The van der Waals surface area contributed by atoms with Crippen LogP contribution in [0.25, 0.3) is 0 Å². The molecule has 0 spiro atoms. The number of carbonyl (C=O) groups is 2. The first-order valence-electron chi connectivity index (χ1n) is 12.8. The summed E-state index contributed by atoms with van der Waals surface area (Å²) in [6.45, 7) is 9.00. The quantitative estimate of drug-likeness (QED) is 0.207. The van der Waals surface area contributed by atoms with Gasteiger partial charge in [-0.05, 0) is 63.2 Å². The fourth-order valence-electron chi connectivity index (χ4n) is 4.76. The molecule has 1 N–H and O–H groups in total. The van der Waals surface area contributed by atoms with E-state index in [4.69, 9.17) is 4.74 Å². The maximum absolute atomic E-state index is 12.8. The second-order valence-corrected chi connectivity index (χ2v) is 9.91. The van der Waals surface area contributed by atoms with Gasteiger partial charge in [-0.25, -0.2) is 0 Å². The topological polar surface area (TPSA) is 63.6 Å². The number of esters is 1. The minimum Gasteiger partial charge on any atom is -0.481 e. The monoisotopic (exact) mass is 424 g/mol. The number of aliphatic carboxylic acids is 1. The summed E-state index contributed by atoms with van der Waals surface area (Å²) < 4.78 is 6.11. The first-order valence-corrected chi connectivity index (χ1v) is 12.8. The van der Waals surface area contributed by atoms with Crippen molar-refractivity contribution in [3.8, 4) is 0 Å². The van der Waals surface area contributed by atoms with Gasteiger partial charge in [0.05, 0.1) is 11.8 Å². The van der Waals surface area contributed by atoms with Gasteiger partial charge in [0.1, 0.15) is 6.10 Å². The Kier molecular flexibility index (Phi) is 14.1. The Morgan fingerprint density at radius 1 is 0.833 bits per heavy atom. The van der Waals surface area contributed by atoms with Crippen LogP contribution in [0.2, 0.25) is 0 Å². The van der Waals surface area contributed by atoms with Crippen molar-refractivity contribution in [3.05, 3.63) is 0 Å². The number of carbonyl (C=O) groups excluding carboxylic acids is 1. The van der Waals surface area contributed by atoms with Gasteiger partial charge in [-0.3, -0.25) is 9.59 Å². The maximum Gasteiger partial charge on any atom is 0.309 e. The fraction of sp³-hybridized carbons (Fsp3) is 0.923. The third-order valence-electron chi connectivity index (χ3n) is 6.93. The molecule has 0 aliphatic heterocycles. The summed E-state index contributed by atoms with van der Waals surface area (Å²) in [4.78, 5) is 24.0. The average molecular weight is 425 g/mol. The van der Waals surface area contributed by atoms with Crippen LogP contribution in [0.4, 0.5) is 0 Å². The summed E-state index contributed by atoms with van der Waals surface area (Å²) in [6.07, 6.45) is 15.6. The van der Waals surface area contributed by atoms with Gasteiger partial charge in [0.15, 0.2) is 0 Å².